The molecule has 0 unspecified atom stereocenters. The lowest BCUT2D eigenvalue weighted by molar-refractivity contribution is -0.122. The summed E-state index contributed by atoms with van der Waals surface area (Å²) in [6.07, 6.45) is 6.79. The van der Waals surface area contributed by atoms with Crippen molar-refractivity contribution >= 4 is 6.47 Å². The van der Waals surface area contributed by atoms with Crippen LogP contribution >= 0.6 is 0 Å². The number of ether oxygens (including phenoxy) is 1. The number of benzene rings is 1. The van der Waals surface area contributed by atoms with Crippen molar-refractivity contribution in [2.45, 2.75) is 39.5 Å². The van der Waals surface area contributed by atoms with Gasteiger partial charge < -0.3 is 9.84 Å². The second kappa shape index (κ2) is 10.4. The number of hydrogen-bond acceptors (Lipinski definition) is 3. The molecule has 4 nitrogen and oxygen atoms in total. The lowest BCUT2D eigenvalue weighted by Crippen LogP contribution is -1.89. The maximum Gasteiger partial charge on any atom is 0.290 e. The van der Waals surface area contributed by atoms with Crippen LogP contribution in [-0.4, -0.2) is 16.6 Å². The number of pyridine rings is 1. The van der Waals surface area contributed by atoms with Crippen molar-refractivity contribution in [3.05, 3.63) is 53.7 Å². The highest BCUT2D eigenvalue weighted by atomic mass is 16.5. The van der Waals surface area contributed by atoms with E-state index in [4.69, 9.17) is 14.6 Å². The van der Waals surface area contributed by atoms with Gasteiger partial charge in [-0.25, -0.2) is 4.98 Å². The molecule has 1 aromatic heterocycles. The lowest BCUT2D eigenvalue weighted by atomic mass is 10.1. The predicted molar refractivity (Wildman–Crippen MR) is 87.4 cm³/mol. The summed E-state index contributed by atoms with van der Waals surface area (Å²) in [4.78, 5) is 12.6. The fourth-order valence-corrected chi connectivity index (χ4v) is 1.94. The van der Waals surface area contributed by atoms with E-state index in [2.05, 4.69) is 24.0 Å². The molecule has 0 aliphatic heterocycles. The van der Waals surface area contributed by atoms with Gasteiger partial charge in [-0.15, -0.1) is 0 Å². The number of nitrogens with zero attached hydrogens (tertiary/aromatic N) is 1. The summed E-state index contributed by atoms with van der Waals surface area (Å²) in [5, 5.41) is 6.89. The Morgan fingerprint density at radius 2 is 1.82 bits per heavy atom. The number of hydrogen-bond donors (Lipinski definition) is 1. The van der Waals surface area contributed by atoms with E-state index >= 15 is 0 Å². The van der Waals surface area contributed by atoms with Crippen molar-refractivity contribution in [1.82, 2.24) is 4.98 Å². The molecule has 0 spiro atoms. The van der Waals surface area contributed by atoms with Crippen molar-refractivity contribution in [3.8, 4) is 11.6 Å². The molecular weight excluding hydrogens is 278 g/mol. The van der Waals surface area contributed by atoms with Crippen LogP contribution in [0.5, 0.6) is 11.6 Å². The van der Waals surface area contributed by atoms with Crippen LogP contribution in [0.1, 0.15) is 37.3 Å². The van der Waals surface area contributed by atoms with E-state index < -0.39 is 0 Å². The summed E-state index contributed by atoms with van der Waals surface area (Å²) in [5.74, 6) is 1.49. The number of rotatable bonds is 6. The normalized spacial score (nSPS) is 9.55. The van der Waals surface area contributed by atoms with Gasteiger partial charge in [0, 0.05) is 12.3 Å². The van der Waals surface area contributed by atoms with Gasteiger partial charge in [0.25, 0.3) is 6.47 Å². The largest absolute Gasteiger partial charge is 0.483 e. The minimum Gasteiger partial charge on any atom is -0.483 e. The Kier molecular flexibility index (Phi) is 8.35. The molecule has 0 aliphatic carbocycles. The molecule has 4 heteroatoms. The van der Waals surface area contributed by atoms with E-state index in [1.165, 1.54) is 24.8 Å². The molecule has 1 heterocycles. The van der Waals surface area contributed by atoms with Gasteiger partial charge in [-0.2, -0.15) is 0 Å². The zero-order valence-corrected chi connectivity index (χ0v) is 13.2. The molecule has 0 saturated heterocycles. The molecule has 118 valence electrons. The van der Waals surface area contributed by atoms with Gasteiger partial charge in [-0.05, 0) is 43.0 Å². The highest BCUT2D eigenvalue weighted by Crippen LogP contribution is 2.20. The van der Waals surface area contributed by atoms with Crippen molar-refractivity contribution < 1.29 is 14.6 Å². The minimum atomic E-state index is -0.250. The minimum absolute atomic E-state index is 0.250. The first-order valence-electron chi connectivity index (χ1n) is 7.47. The van der Waals surface area contributed by atoms with Crippen LogP contribution in [0.15, 0.2) is 42.6 Å². The first-order valence-corrected chi connectivity index (χ1v) is 7.47. The molecule has 1 N–H and O–H groups in total. The summed E-state index contributed by atoms with van der Waals surface area (Å²) in [5.41, 5.74) is 2.51. The van der Waals surface area contributed by atoms with E-state index in [9.17, 15) is 0 Å². The summed E-state index contributed by atoms with van der Waals surface area (Å²) >= 11 is 0. The van der Waals surface area contributed by atoms with Gasteiger partial charge in [0.15, 0.2) is 0 Å². The van der Waals surface area contributed by atoms with Crippen LogP contribution in [0.2, 0.25) is 0 Å². The molecule has 0 aliphatic rings. The van der Waals surface area contributed by atoms with Crippen molar-refractivity contribution in [2.75, 3.05) is 0 Å². The third kappa shape index (κ3) is 6.88. The number of aryl methyl sites for hydroxylation is 2. The molecular formula is C18H23NO3. The quantitative estimate of drug-likeness (QED) is 0.625. The van der Waals surface area contributed by atoms with E-state index in [1.807, 2.05) is 37.4 Å². The zero-order chi connectivity index (χ0) is 16.2. The fraction of sp³-hybridized carbons (Fsp3) is 0.333. The van der Waals surface area contributed by atoms with E-state index in [0.717, 1.165) is 17.7 Å². The van der Waals surface area contributed by atoms with Crippen LogP contribution in [0.25, 0.3) is 0 Å². The Bertz CT molecular complexity index is 535. The maximum absolute atomic E-state index is 8.36. The Labute approximate surface area is 131 Å². The van der Waals surface area contributed by atoms with E-state index in [1.54, 1.807) is 0 Å². The molecule has 2 rings (SSSR count). The average molecular weight is 301 g/mol. The third-order valence-electron chi connectivity index (χ3n) is 3.10. The van der Waals surface area contributed by atoms with Crippen LogP contribution in [0.3, 0.4) is 0 Å². The summed E-state index contributed by atoms with van der Waals surface area (Å²) in [6.45, 7) is 3.99. The zero-order valence-electron chi connectivity index (χ0n) is 13.2. The van der Waals surface area contributed by atoms with Gasteiger partial charge in [-0.3, -0.25) is 4.79 Å². The smallest absolute Gasteiger partial charge is 0.290 e. The topological polar surface area (TPSA) is 59.4 Å². The molecule has 0 radical (unpaired) electrons. The highest BCUT2D eigenvalue weighted by molar-refractivity contribution is 5.32. The van der Waals surface area contributed by atoms with Gasteiger partial charge >= 0.3 is 0 Å². The van der Waals surface area contributed by atoms with Crippen molar-refractivity contribution in [2.24, 2.45) is 0 Å². The Hall–Kier alpha value is -2.36. The summed E-state index contributed by atoms with van der Waals surface area (Å²) in [6, 6.07) is 12.2. The highest BCUT2D eigenvalue weighted by Gasteiger charge is 1.99. The first kappa shape index (κ1) is 17.7. The van der Waals surface area contributed by atoms with E-state index in [0.29, 0.717) is 5.88 Å². The van der Waals surface area contributed by atoms with Crippen molar-refractivity contribution in [3.63, 3.8) is 0 Å². The molecule has 2 aromatic rings. The van der Waals surface area contributed by atoms with Gasteiger partial charge in [0.2, 0.25) is 5.88 Å². The van der Waals surface area contributed by atoms with Crippen LogP contribution in [0.4, 0.5) is 0 Å². The molecule has 0 atom stereocenters. The number of unbranched alkanes of at least 4 members (excludes halogenated alkanes) is 2. The maximum atomic E-state index is 8.36. The SMILES string of the molecule is CCCCCc1ccc(Oc2ccc(C)cn2)cc1.O=CO. The van der Waals surface area contributed by atoms with Crippen LogP contribution in [-0.2, 0) is 11.2 Å². The fourth-order valence-electron chi connectivity index (χ4n) is 1.94. The Morgan fingerprint density at radius 3 is 2.36 bits per heavy atom. The Balaban J connectivity index is 0.000000745. The van der Waals surface area contributed by atoms with Gasteiger partial charge in [0.05, 0.1) is 0 Å². The molecule has 22 heavy (non-hydrogen) atoms. The summed E-state index contributed by atoms with van der Waals surface area (Å²) < 4.78 is 5.70. The standard InChI is InChI=1S/C17H21NO.CH2O2/c1-3-4-5-6-15-8-10-16(11-9-15)19-17-12-7-14(2)13-18-17;2-1-3/h7-13H,3-6H2,1-2H3;1H,(H,2,3). The van der Waals surface area contributed by atoms with Gasteiger partial charge in [-0.1, -0.05) is 38.0 Å². The predicted octanol–water partition coefficient (Wildman–Crippen LogP) is 4.62. The average Bonchev–Trinajstić information content (AvgIpc) is 2.52. The lowest BCUT2D eigenvalue weighted by Gasteiger charge is -2.06. The second-order valence-corrected chi connectivity index (χ2v) is 4.98. The number of carbonyl (C=O) groups is 1. The second-order valence-electron chi connectivity index (χ2n) is 4.98. The van der Waals surface area contributed by atoms with Crippen LogP contribution in [0, 0.1) is 6.92 Å². The first-order chi connectivity index (χ1) is 10.7. The Morgan fingerprint density at radius 1 is 1.14 bits per heavy atom. The summed E-state index contributed by atoms with van der Waals surface area (Å²) in [7, 11) is 0. The van der Waals surface area contributed by atoms with Gasteiger partial charge in [0.1, 0.15) is 5.75 Å². The van der Waals surface area contributed by atoms with Crippen LogP contribution < -0.4 is 4.74 Å². The monoisotopic (exact) mass is 301 g/mol. The molecule has 0 amide bonds. The number of carboxylic acid groups (broad SMARTS) is 1. The molecule has 0 bridgehead atoms. The molecule has 0 fully saturated rings. The van der Waals surface area contributed by atoms with Crippen molar-refractivity contribution in [1.29, 1.82) is 0 Å². The molecule has 0 saturated carbocycles. The molecule has 1 aromatic carbocycles. The third-order valence-corrected chi connectivity index (χ3v) is 3.10. The number of aromatic nitrogens is 1. The van der Waals surface area contributed by atoms with E-state index in [-0.39, 0.29) is 6.47 Å².